The van der Waals surface area contributed by atoms with Crippen LogP contribution >= 0.6 is 11.8 Å². The lowest BCUT2D eigenvalue weighted by Crippen LogP contribution is -2.14. The molecule has 0 fully saturated rings. The van der Waals surface area contributed by atoms with Crippen LogP contribution in [0.1, 0.15) is 5.56 Å². The fourth-order valence-corrected chi connectivity index (χ4v) is 3.08. The number of benzene rings is 1. The molecule has 3 rings (SSSR count). The smallest absolute Gasteiger partial charge is 0.234 e. The Morgan fingerprint density at radius 1 is 1.24 bits per heavy atom. The molecule has 3 aromatic rings. The molecule has 0 aliphatic heterocycles. The first-order chi connectivity index (χ1) is 12.2. The molecule has 0 saturated heterocycles. The standard InChI is InChI=1S/C18H18N4O2S/c1-13-5-3-4-6-15(13)22-10-9-19-18(22)25-12-16(23)21-14-7-8-17(24-2)20-11-14/h3-11H,12H2,1-2H3,(H,21,23). The number of hydrogen-bond donors (Lipinski definition) is 1. The van der Waals surface area contributed by atoms with E-state index in [1.165, 1.54) is 11.8 Å². The Morgan fingerprint density at radius 3 is 2.80 bits per heavy atom. The van der Waals surface area contributed by atoms with Gasteiger partial charge in [0.25, 0.3) is 0 Å². The second kappa shape index (κ2) is 7.85. The van der Waals surface area contributed by atoms with E-state index < -0.39 is 0 Å². The lowest BCUT2D eigenvalue weighted by atomic mass is 10.2. The van der Waals surface area contributed by atoms with E-state index in [0.717, 1.165) is 16.4 Å². The highest BCUT2D eigenvalue weighted by Crippen LogP contribution is 2.22. The molecule has 7 heteroatoms. The van der Waals surface area contributed by atoms with Crippen LogP contribution in [0.15, 0.2) is 60.1 Å². The van der Waals surface area contributed by atoms with Crippen molar-refractivity contribution in [1.29, 1.82) is 0 Å². The van der Waals surface area contributed by atoms with Crippen LogP contribution in [0.5, 0.6) is 5.88 Å². The number of anilines is 1. The first kappa shape index (κ1) is 17.0. The van der Waals surface area contributed by atoms with E-state index in [1.54, 1.807) is 31.6 Å². The molecule has 0 unspecified atom stereocenters. The predicted octanol–water partition coefficient (Wildman–Crippen LogP) is 3.32. The predicted molar refractivity (Wildman–Crippen MR) is 98.4 cm³/mol. The first-order valence-electron chi connectivity index (χ1n) is 7.69. The molecule has 0 atom stereocenters. The molecule has 1 aromatic carbocycles. The van der Waals surface area contributed by atoms with E-state index in [9.17, 15) is 4.79 Å². The van der Waals surface area contributed by atoms with Gasteiger partial charge in [0, 0.05) is 18.5 Å². The number of aryl methyl sites for hydroxylation is 1. The SMILES string of the molecule is COc1ccc(NC(=O)CSc2nccn2-c2ccccc2C)cn1. The topological polar surface area (TPSA) is 69.0 Å². The van der Waals surface area contributed by atoms with Gasteiger partial charge in [-0.05, 0) is 24.6 Å². The zero-order chi connectivity index (χ0) is 17.6. The Hall–Kier alpha value is -2.80. The van der Waals surface area contributed by atoms with Gasteiger partial charge >= 0.3 is 0 Å². The fourth-order valence-electron chi connectivity index (χ4n) is 2.32. The van der Waals surface area contributed by atoms with Crippen molar-refractivity contribution in [3.8, 4) is 11.6 Å². The lowest BCUT2D eigenvalue weighted by molar-refractivity contribution is -0.113. The number of para-hydroxylation sites is 1. The summed E-state index contributed by atoms with van der Waals surface area (Å²) in [7, 11) is 1.55. The van der Waals surface area contributed by atoms with Gasteiger partial charge in [-0.3, -0.25) is 9.36 Å². The van der Waals surface area contributed by atoms with E-state index in [-0.39, 0.29) is 11.7 Å². The van der Waals surface area contributed by atoms with Gasteiger partial charge in [-0.25, -0.2) is 9.97 Å². The maximum absolute atomic E-state index is 12.1. The number of hydrogen-bond acceptors (Lipinski definition) is 5. The molecule has 2 heterocycles. The summed E-state index contributed by atoms with van der Waals surface area (Å²) in [4.78, 5) is 20.6. The molecule has 0 saturated carbocycles. The molecule has 128 valence electrons. The lowest BCUT2D eigenvalue weighted by Gasteiger charge is -2.10. The van der Waals surface area contributed by atoms with Gasteiger partial charge in [0.15, 0.2) is 5.16 Å². The Kier molecular flexibility index (Phi) is 5.35. The number of thioether (sulfide) groups is 1. The average molecular weight is 354 g/mol. The average Bonchev–Trinajstić information content (AvgIpc) is 3.09. The Balaban J connectivity index is 1.63. The van der Waals surface area contributed by atoms with Crippen molar-refractivity contribution in [3.05, 3.63) is 60.6 Å². The number of nitrogens with one attached hydrogen (secondary N) is 1. The molecular formula is C18H18N4O2S. The van der Waals surface area contributed by atoms with Crippen molar-refractivity contribution >= 4 is 23.4 Å². The van der Waals surface area contributed by atoms with Crippen LogP contribution in [0.2, 0.25) is 0 Å². The van der Waals surface area contributed by atoms with Gasteiger partial charge in [-0.2, -0.15) is 0 Å². The van der Waals surface area contributed by atoms with Crippen molar-refractivity contribution in [3.63, 3.8) is 0 Å². The molecule has 2 aromatic heterocycles. The van der Waals surface area contributed by atoms with E-state index in [4.69, 9.17) is 4.74 Å². The van der Waals surface area contributed by atoms with Crippen molar-refractivity contribution < 1.29 is 9.53 Å². The van der Waals surface area contributed by atoms with Gasteiger partial charge < -0.3 is 10.1 Å². The highest BCUT2D eigenvalue weighted by Gasteiger charge is 2.10. The van der Waals surface area contributed by atoms with Gasteiger partial charge in [0.2, 0.25) is 11.8 Å². The minimum atomic E-state index is -0.115. The van der Waals surface area contributed by atoms with Gasteiger partial charge in [-0.15, -0.1) is 0 Å². The third kappa shape index (κ3) is 4.19. The summed E-state index contributed by atoms with van der Waals surface area (Å²) in [6.45, 7) is 2.05. The third-order valence-corrected chi connectivity index (χ3v) is 4.51. The number of ether oxygens (including phenoxy) is 1. The fraction of sp³-hybridized carbons (Fsp3) is 0.167. The molecule has 0 bridgehead atoms. The van der Waals surface area contributed by atoms with E-state index >= 15 is 0 Å². The Morgan fingerprint density at radius 2 is 2.08 bits per heavy atom. The molecule has 0 aliphatic rings. The number of methoxy groups -OCH3 is 1. The van der Waals surface area contributed by atoms with Crippen molar-refractivity contribution in [2.45, 2.75) is 12.1 Å². The summed E-state index contributed by atoms with van der Waals surface area (Å²) in [6.07, 6.45) is 5.20. The maximum atomic E-state index is 12.1. The Labute approximate surface area is 150 Å². The summed E-state index contributed by atoms with van der Waals surface area (Å²) in [5.41, 5.74) is 2.84. The number of carbonyl (C=O) groups excluding carboxylic acids is 1. The zero-order valence-electron chi connectivity index (χ0n) is 14.0. The highest BCUT2D eigenvalue weighted by atomic mass is 32.2. The first-order valence-corrected chi connectivity index (χ1v) is 8.68. The molecule has 1 N–H and O–H groups in total. The van der Waals surface area contributed by atoms with E-state index in [0.29, 0.717) is 11.6 Å². The summed E-state index contributed by atoms with van der Waals surface area (Å²) in [6, 6.07) is 11.5. The van der Waals surface area contributed by atoms with Crippen LogP contribution in [-0.2, 0) is 4.79 Å². The van der Waals surface area contributed by atoms with Crippen LogP contribution in [0.25, 0.3) is 5.69 Å². The number of nitrogens with zero attached hydrogens (tertiary/aromatic N) is 3. The number of aromatic nitrogens is 3. The highest BCUT2D eigenvalue weighted by molar-refractivity contribution is 7.99. The quantitative estimate of drug-likeness (QED) is 0.688. The summed E-state index contributed by atoms with van der Waals surface area (Å²) < 4.78 is 6.98. The van der Waals surface area contributed by atoms with Gasteiger partial charge in [0.05, 0.1) is 30.4 Å². The molecule has 1 amide bonds. The molecule has 6 nitrogen and oxygen atoms in total. The second-order valence-electron chi connectivity index (χ2n) is 5.29. The number of pyridine rings is 1. The van der Waals surface area contributed by atoms with E-state index in [2.05, 4.69) is 15.3 Å². The molecule has 0 radical (unpaired) electrons. The van der Waals surface area contributed by atoms with Crippen molar-refractivity contribution in [1.82, 2.24) is 14.5 Å². The minimum absolute atomic E-state index is 0.115. The van der Waals surface area contributed by atoms with Gasteiger partial charge in [0.1, 0.15) is 0 Å². The van der Waals surface area contributed by atoms with Gasteiger partial charge in [-0.1, -0.05) is 30.0 Å². The molecule has 0 spiro atoms. The summed E-state index contributed by atoms with van der Waals surface area (Å²) >= 11 is 1.39. The van der Waals surface area contributed by atoms with Crippen molar-refractivity contribution in [2.75, 3.05) is 18.2 Å². The second-order valence-corrected chi connectivity index (χ2v) is 6.23. The van der Waals surface area contributed by atoms with Crippen LogP contribution in [-0.4, -0.2) is 33.3 Å². The number of rotatable bonds is 6. The summed E-state index contributed by atoms with van der Waals surface area (Å²) in [5, 5.41) is 3.59. The minimum Gasteiger partial charge on any atom is -0.481 e. The zero-order valence-corrected chi connectivity index (χ0v) is 14.8. The normalized spacial score (nSPS) is 10.5. The number of amides is 1. The maximum Gasteiger partial charge on any atom is 0.234 e. The molecular weight excluding hydrogens is 336 g/mol. The van der Waals surface area contributed by atoms with Crippen LogP contribution in [0.4, 0.5) is 5.69 Å². The summed E-state index contributed by atoms with van der Waals surface area (Å²) in [5.74, 6) is 0.651. The molecule has 25 heavy (non-hydrogen) atoms. The van der Waals surface area contributed by atoms with Crippen LogP contribution in [0.3, 0.4) is 0 Å². The Bertz CT molecular complexity index is 862. The number of imidazole rings is 1. The monoisotopic (exact) mass is 354 g/mol. The van der Waals surface area contributed by atoms with Crippen LogP contribution < -0.4 is 10.1 Å². The third-order valence-electron chi connectivity index (χ3n) is 3.54. The van der Waals surface area contributed by atoms with Crippen molar-refractivity contribution in [2.24, 2.45) is 0 Å². The largest absolute Gasteiger partial charge is 0.481 e. The number of carbonyl (C=O) groups is 1. The van der Waals surface area contributed by atoms with Crippen LogP contribution in [0, 0.1) is 6.92 Å². The molecule has 0 aliphatic carbocycles. The van der Waals surface area contributed by atoms with E-state index in [1.807, 2.05) is 42.0 Å².